The number of allylic oxidation sites excluding steroid dienone is 2. The van der Waals surface area contributed by atoms with E-state index in [9.17, 15) is 0 Å². The van der Waals surface area contributed by atoms with Crippen molar-refractivity contribution in [3.05, 3.63) is 169 Å². The average Bonchev–Trinajstić information content (AvgIpc) is 3.91. The van der Waals surface area contributed by atoms with Crippen molar-refractivity contribution in [1.29, 1.82) is 0 Å². The second-order valence-corrected chi connectivity index (χ2v) is 14.5. The third kappa shape index (κ3) is 4.11. The first-order chi connectivity index (χ1) is 26.1. The second kappa shape index (κ2) is 11.2. The molecule has 0 atom stereocenters. The molecule has 3 heteroatoms. The van der Waals surface area contributed by atoms with Crippen molar-refractivity contribution < 1.29 is 0 Å². The van der Waals surface area contributed by atoms with Crippen LogP contribution >= 0.6 is 0 Å². The van der Waals surface area contributed by atoms with Crippen LogP contribution in [0.15, 0.2) is 158 Å². The summed E-state index contributed by atoms with van der Waals surface area (Å²) in [6, 6.07) is 51.8. The van der Waals surface area contributed by atoms with Crippen molar-refractivity contribution in [2.75, 3.05) is 0 Å². The molecule has 53 heavy (non-hydrogen) atoms. The summed E-state index contributed by atoms with van der Waals surface area (Å²) in [6.07, 6.45) is 6.19. The summed E-state index contributed by atoms with van der Waals surface area (Å²) in [6.45, 7) is 8.77. The highest BCUT2D eigenvalue weighted by atomic mass is 15.0. The Morgan fingerprint density at radius 1 is 0.547 bits per heavy atom. The molecule has 11 aromatic rings. The van der Waals surface area contributed by atoms with E-state index in [1.165, 1.54) is 98.4 Å². The Labute approximate surface area is 307 Å². The fraction of sp³-hybridized carbons (Fsp3) is 0.0800. The lowest BCUT2D eigenvalue weighted by Crippen LogP contribution is -2.04. The van der Waals surface area contributed by atoms with Crippen molar-refractivity contribution in [2.24, 2.45) is 0 Å². The minimum atomic E-state index is 0.821. The number of fused-ring (bicyclic) bond motifs is 12. The zero-order valence-corrected chi connectivity index (χ0v) is 29.9. The number of hydrogen-bond acceptors (Lipinski definition) is 0. The predicted octanol–water partition coefficient (Wildman–Crippen LogP) is 13.6. The van der Waals surface area contributed by atoms with E-state index in [1.54, 1.807) is 0 Å². The highest BCUT2D eigenvalue weighted by molar-refractivity contribution is 6.34. The van der Waals surface area contributed by atoms with E-state index in [1.807, 2.05) is 0 Å². The lowest BCUT2D eigenvalue weighted by atomic mass is 10.0. The summed E-state index contributed by atoms with van der Waals surface area (Å²) in [4.78, 5) is 0. The molecule has 7 aromatic carbocycles. The lowest BCUT2D eigenvalue weighted by Gasteiger charge is -2.16. The summed E-state index contributed by atoms with van der Waals surface area (Å²) in [5, 5.41) is 11.5. The van der Waals surface area contributed by atoms with Crippen LogP contribution in [0.25, 0.3) is 99.0 Å². The Balaban J connectivity index is 1.29. The van der Waals surface area contributed by atoms with Gasteiger partial charge in [0.1, 0.15) is 0 Å². The first kappa shape index (κ1) is 30.1. The maximum Gasteiger partial charge on any atom is 0.0642 e. The quantitative estimate of drug-likeness (QED) is 0.155. The van der Waals surface area contributed by atoms with Gasteiger partial charge in [0.05, 0.1) is 33.1 Å². The van der Waals surface area contributed by atoms with Gasteiger partial charge < -0.3 is 13.5 Å². The summed E-state index contributed by atoms with van der Waals surface area (Å²) in [7, 11) is 0. The minimum Gasteiger partial charge on any atom is -0.313 e. The van der Waals surface area contributed by atoms with E-state index in [0.717, 1.165) is 24.2 Å². The molecule has 0 aliphatic carbocycles. The number of nitrogens with zero attached hydrogens (tertiary/aromatic N) is 3. The number of benzene rings is 7. The molecule has 0 N–H and O–H groups in total. The topological polar surface area (TPSA) is 14.3 Å². The zero-order chi connectivity index (χ0) is 35.4. The predicted molar refractivity (Wildman–Crippen MR) is 228 cm³/mol. The SMILES string of the molecule is C=C(CC)Cc1c(/C=C\C)c2ccccc2n1-c1cccc(-n2c3ccccc3c3cc4c5ccccc5n5c6cc7ccccc7cc6c(c32)c45)c1. The number of hydrogen-bond donors (Lipinski definition) is 0. The van der Waals surface area contributed by atoms with Gasteiger partial charge in [-0.15, -0.1) is 0 Å². The molecule has 0 aliphatic rings. The molecule has 3 nitrogen and oxygen atoms in total. The van der Waals surface area contributed by atoms with Crippen LogP contribution in [-0.4, -0.2) is 13.5 Å². The molecule has 0 spiro atoms. The summed E-state index contributed by atoms with van der Waals surface area (Å²) < 4.78 is 7.51. The van der Waals surface area contributed by atoms with Crippen molar-refractivity contribution in [2.45, 2.75) is 26.7 Å². The number of aromatic nitrogens is 3. The highest BCUT2D eigenvalue weighted by Crippen LogP contribution is 2.47. The zero-order valence-electron chi connectivity index (χ0n) is 29.9. The first-order valence-corrected chi connectivity index (χ1v) is 18.7. The molecule has 0 fully saturated rings. The van der Waals surface area contributed by atoms with E-state index < -0.39 is 0 Å². The molecule has 0 radical (unpaired) electrons. The molecular weight excluding hydrogens is 643 g/mol. The van der Waals surface area contributed by atoms with Gasteiger partial charge in [-0.1, -0.05) is 116 Å². The van der Waals surface area contributed by atoms with Crippen LogP contribution in [-0.2, 0) is 6.42 Å². The third-order valence-electron chi connectivity index (χ3n) is 11.6. The Morgan fingerprint density at radius 2 is 1.15 bits per heavy atom. The fourth-order valence-corrected chi connectivity index (χ4v) is 9.23. The molecule has 0 amide bonds. The largest absolute Gasteiger partial charge is 0.313 e. The molecule has 0 aliphatic heterocycles. The second-order valence-electron chi connectivity index (χ2n) is 14.5. The monoisotopic (exact) mass is 679 g/mol. The highest BCUT2D eigenvalue weighted by Gasteiger charge is 2.25. The van der Waals surface area contributed by atoms with Crippen molar-refractivity contribution in [3.63, 3.8) is 0 Å². The standard InChI is InChI=1S/C50H37N3/c1-4-15-36-37-20-8-11-23-43(37)51(46(36)26-31(3)5-2)34-18-14-19-35(29-34)52-44-24-12-9-21-38(44)40-30-41-39-22-10-13-25-45(39)53-47-28-33-17-7-6-16-32(33)27-42(47)48(49(40)52)50(41)53/h4,6-25,27-30H,3,5,26H2,1-2H3/b15-4-. The van der Waals surface area contributed by atoms with Crippen LogP contribution < -0.4 is 0 Å². The van der Waals surface area contributed by atoms with Gasteiger partial charge >= 0.3 is 0 Å². The first-order valence-electron chi connectivity index (χ1n) is 18.7. The number of rotatable bonds is 6. The normalized spacial score (nSPS) is 12.5. The van der Waals surface area contributed by atoms with E-state index >= 15 is 0 Å². The van der Waals surface area contributed by atoms with Crippen molar-refractivity contribution in [1.82, 2.24) is 13.5 Å². The Hall–Kier alpha value is -6.58. The maximum atomic E-state index is 4.46. The summed E-state index contributed by atoms with van der Waals surface area (Å²) >= 11 is 0. The van der Waals surface area contributed by atoms with Gasteiger partial charge in [0.15, 0.2) is 0 Å². The van der Waals surface area contributed by atoms with Crippen LogP contribution in [0.2, 0.25) is 0 Å². The minimum absolute atomic E-state index is 0.821. The van der Waals surface area contributed by atoms with Gasteiger partial charge in [0, 0.05) is 66.8 Å². The Bertz CT molecular complexity index is 3320. The van der Waals surface area contributed by atoms with Gasteiger partial charge in [-0.25, -0.2) is 0 Å². The van der Waals surface area contributed by atoms with E-state index in [0.29, 0.717) is 0 Å². The van der Waals surface area contributed by atoms with Gasteiger partial charge in [-0.2, -0.15) is 0 Å². The van der Waals surface area contributed by atoms with Gasteiger partial charge in [0.2, 0.25) is 0 Å². The molecule has 252 valence electrons. The Morgan fingerprint density at radius 3 is 1.89 bits per heavy atom. The van der Waals surface area contributed by atoms with Gasteiger partial charge in [0.25, 0.3) is 0 Å². The van der Waals surface area contributed by atoms with Crippen LogP contribution in [0, 0.1) is 0 Å². The molecule has 0 saturated carbocycles. The van der Waals surface area contributed by atoms with Crippen molar-refractivity contribution in [3.8, 4) is 11.4 Å². The summed E-state index contributed by atoms with van der Waals surface area (Å²) in [5.41, 5.74) is 13.5. The number of para-hydroxylation sites is 3. The lowest BCUT2D eigenvalue weighted by molar-refractivity contribution is 0.926. The fourth-order valence-electron chi connectivity index (χ4n) is 9.23. The molecular formula is C50H37N3. The molecule has 4 aromatic heterocycles. The van der Waals surface area contributed by atoms with E-state index in [2.05, 4.69) is 186 Å². The van der Waals surface area contributed by atoms with E-state index in [-0.39, 0.29) is 0 Å². The van der Waals surface area contributed by atoms with Crippen LogP contribution in [0.1, 0.15) is 31.5 Å². The molecule has 0 saturated heterocycles. The molecule has 4 heterocycles. The van der Waals surface area contributed by atoms with Gasteiger partial charge in [-0.3, -0.25) is 0 Å². The van der Waals surface area contributed by atoms with Crippen LogP contribution in [0.3, 0.4) is 0 Å². The van der Waals surface area contributed by atoms with Crippen LogP contribution in [0.4, 0.5) is 0 Å². The van der Waals surface area contributed by atoms with Crippen LogP contribution in [0.5, 0.6) is 0 Å². The molecule has 11 rings (SSSR count). The maximum absolute atomic E-state index is 4.46. The molecule has 0 unspecified atom stereocenters. The third-order valence-corrected chi connectivity index (χ3v) is 11.6. The van der Waals surface area contributed by atoms with Gasteiger partial charge in [-0.05, 0) is 78.7 Å². The smallest absolute Gasteiger partial charge is 0.0642 e. The van der Waals surface area contributed by atoms with E-state index in [4.69, 9.17) is 0 Å². The molecule has 0 bridgehead atoms. The van der Waals surface area contributed by atoms with Crippen molar-refractivity contribution >= 4 is 87.7 Å². The summed E-state index contributed by atoms with van der Waals surface area (Å²) in [5.74, 6) is 0. The Kier molecular flexibility index (Phi) is 6.36. The average molecular weight is 680 g/mol.